The lowest BCUT2D eigenvalue weighted by Crippen LogP contribution is -2.12. The fraction of sp³-hybridized carbons (Fsp3) is 0.0833. The Hall–Kier alpha value is -1.45. The van der Waals surface area contributed by atoms with Crippen molar-refractivity contribution >= 4 is 43.4 Å². The molecule has 0 spiro atoms. The van der Waals surface area contributed by atoms with E-state index in [-0.39, 0.29) is 15.5 Å². The second kappa shape index (κ2) is 6.12. The van der Waals surface area contributed by atoms with Crippen molar-refractivity contribution in [1.82, 2.24) is 0 Å². The van der Waals surface area contributed by atoms with E-state index in [2.05, 4.69) is 20.7 Å². The molecule has 112 valence electrons. The van der Waals surface area contributed by atoms with Gasteiger partial charge in [0.2, 0.25) is 0 Å². The largest absolute Gasteiger partial charge is 0.465 e. The Morgan fingerprint density at radius 1 is 1.29 bits per heavy atom. The van der Waals surface area contributed by atoms with Gasteiger partial charge in [0.25, 0.3) is 0 Å². The highest BCUT2D eigenvalue weighted by atomic mass is 79.9. The van der Waals surface area contributed by atoms with E-state index in [1.165, 1.54) is 12.5 Å². The molecule has 0 aliphatic rings. The topological polar surface area (TPSA) is 69.7 Å². The molecular weight excluding hydrogens is 387 g/mol. The van der Waals surface area contributed by atoms with Crippen LogP contribution >= 0.6 is 27.3 Å². The van der Waals surface area contributed by atoms with E-state index in [0.717, 1.165) is 35.6 Å². The van der Waals surface area contributed by atoms with Crippen molar-refractivity contribution in [2.24, 2.45) is 0 Å². The van der Waals surface area contributed by atoms with Crippen LogP contribution in [0.1, 0.15) is 9.67 Å². The van der Waals surface area contributed by atoms with Gasteiger partial charge in [-0.25, -0.2) is 9.18 Å². The molecule has 0 unspecified atom stereocenters. The lowest BCUT2D eigenvalue weighted by atomic mass is 10.4. The summed E-state index contributed by atoms with van der Waals surface area (Å²) in [6.07, 6.45) is 0. The molecule has 9 heteroatoms. The summed E-state index contributed by atoms with van der Waals surface area (Å²) in [5, 5.41) is 1.50. The van der Waals surface area contributed by atoms with Crippen LogP contribution in [-0.4, -0.2) is 21.5 Å². The van der Waals surface area contributed by atoms with Crippen molar-refractivity contribution in [3.8, 4) is 5.75 Å². The molecule has 0 amide bonds. The summed E-state index contributed by atoms with van der Waals surface area (Å²) in [5.74, 6) is -1.44. The van der Waals surface area contributed by atoms with Crippen molar-refractivity contribution in [2.75, 3.05) is 7.11 Å². The van der Waals surface area contributed by atoms with Gasteiger partial charge in [0.05, 0.1) is 11.6 Å². The fourth-order valence-electron chi connectivity index (χ4n) is 1.40. The normalized spacial score (nSPS) is 11.2. The van der Waals surface area contributed by atoms with E-state index in [1.54, 1.807) is 0 Å². The first-order valence-electron chi connectivity index (χ1n) is 5.40. The Kier molecular flexibility index (Phi) is 4.64. The van der Waals surface area contributed by atoms with Gasteiger partial charge in [-0.05, 0) is 40.2 Å². The first kappa shape index (κ1) is 15.9. The second-order valence-electron chi connectivity index (χ2n) is 3.72. The second-order valence-corrected chi connectivity index (χ2v) is 7.01. The SMILES string of the molecule is COC(=O)c1scc(Br)c1OS(=O)(=O)c1ccc(F)cc1. The number of esters is 1. The highest BCUT2D eigenvalue weighted by molar-refractivity contribution is 9.10. The Morgan fingerprint density at radius 2 is 1.90 bits per heavy atom. The van der Waals surface area contributed by atoms with Gasteiger partial charge in [-0.3, -0.25) is 0 Å². The van der Waals surface area contributed by atoms with Crippen LogP contribution in [0.25, 0.3) is 0 Å². The lowest BCUT2D eigenvalue weighted by Gasteiger charge is -2.08. The van der Waals surface area contributed by atoms with Crippen LogP contribution in [0, 0.1) is 5.82 Å². The number of halogens is 2. The summed E-state index contributed by atoms with van der Waals surface area (Å²) in [5.41, 5.74) is 0. The molecule has 0 N–H and O–H groups in total. The van der Waals surface area contributed by atoms with Crippen molar-refractivity contribution in [3.63, 3.8) is 0 Å². The van der Waals surface area contributed by atoms with Crippen LogP contribution in [0.5, 0.6) is 5.75 Å². The molecule has 1 aromatic heterocycles. The van der Waals surface area contributed by atoms with Crippen molar-refractivity contribution in [1.29, 1.82) is 0 Å². The number of ether oxygens (including phenoxy) is 1. The summed E-state index contributed by atoms with van der Waals surface area (Å²) in [6.45, 7) is 0. The average Bonchev–Trinajstić information content (AvgIpc) is 2.79. The fourth-order valence-corrected chi connectivity index (χ4v) is 3.97. The number of benzene rings is 1. The molecule has 0 fully saturated rings. The zero-order chi connectivity index (χ0) is 15.6. The molecular formula is C12H8BrFO5S2. The molecule has 0 saturated heterocycles. The van der Waals surface area contributed by atoms with Crippen LogP contribution in [0.4, 0.5) is 4.39 Å². The van der Waals surface area contributed by atoms with Gasteiger partial charge >= 0.3 is 16.1 Å². The third-order valence-electron chi connectivity index (χ3n) is 2.37. The Labute approximate surface area is 132 Å². The maximum atomic E-state index is 12.8. The van der Waals surface area contributed by atoms with E-state index in [1.807, 2.05) is 0 Å². The molecule has 1 heterocycles. The van der Waals surface area contributed by atoms with Crippen LogP contribution < -0.4 is 4.18 Å². The minimum absolute atomic E-state index is 0.00932. The molecule has 0 radical (unpaired) electrons. The smallest absolute Gasteiger partial charge is 0.351 e. The summed E-state index contributed by atoms with van der Waals surface area (Å²) in [6, 6.07) is 4.14. The van der Waals surface area contributed by atoms with E-state index in [0.29, 0.717) is 4.47 Å². The number of hydrogen-bond donors (Lipinski definition) is 0. The molecule has 1 aromatic carbocycles. The van der Waals surface area contributed by atoms with Crippen LogP contribution in [-0.2, 0) is 14.9 Å². The van der Waals surface area contributed by atoms with E-state index < -0.39 is 21.9 Å². The summed E-state index contributed by atoms with van der Waals surface area (Å²) >= 11 is 4.08. The molecule has 2 aromatic rings. The Bertz CT molecular complexity index is 767. The van der Waals surface area contributed by atoms with Gasteiger partial charge in [0.15, 0.2) is 10.6 Å². The molecule has 5 nitrogen and oxygen atoms in total. The van der Waals surface area contributed by atoms with Crippen molar-refractivity contribution < 1.29 is 26.5 Å². The standard InChI is InChI=1S/C12H8BrFO5S2/c1-18-12(15)11-10(9(13)6-20-11)19-21(16,17)8-4-2-7(14)3-5-8/h2-6H,1H3. The highest BCUT2D eigenvalue weighted by Crippen LogP contribution is 2.37. The number of rotatable bonds is 4. The van der Waals surface area contributed by atoms with Crippen molar-refractivity contribution in [2.45, 2.75) is 4.90 Å². The first-order chi connectivity index (χ1) is 9.85. The third-order valence-corrected chi connectivity index (χ3v) is 5.44. The summed E-state index contributed by atoms with van der Waals surface area (Å²) in [7, 11) is -3.01. The van der Waals surface area contributed by atoms with Crippen LogP contribution in [0.15, 0.2) is 39.0 Å². The molecule has 0 aliphatic carbocycles. The summed E-state index contributed by atoms with van der Waals surface area (Å²) < 4.78 is 46.9. The average molecular weight is 395 g/mol. The molecule has 0 saturated carbocycles. The van der Waals surface area contributed by atoms with E-state index in [4.69, 9.17) is 4.18 Å². The molecule has 2 rings (SSSR count). The Balaban J connectivity index is 2.39. The zero-order valence-electron chi connectivity index (χ0n) is 10.5. The van der Waals surface area contributed by atoms with Gasteiger partial charge < -0.3 is 8.92 Å². The number of thiophene rings is 1. The maximum Gasteiger partial charge on any atom is 0.351 e. The maximum absolute atomic E-state index is 12.8. The van der Waals surface area contributed by atoms with Gasteiger partial charge in [0.1, 0.15) is 10.7 Å². The molecule has 0 bridgehead atoms. The summed E-state index contributed by atoms with van der Waals surface area (Å²) in [4.78, 5) is 11.3. The molecule has 0 atom stereocenters. The number of carbonyl (C=O) groups is 1. The van der Waals surface area contributed by atoms with E-state index >= 15 is 0 Å². The zero-order valence-corrected chi connectivity index (χ0v) is 13.7. The number of hydrogen-bond acceptors (Lipinski definition) is 6. The number of carbonyl (C=O) groups excluding carboxylic acids is 1. The Morgan fingerprint density at radius 3 is 2.48 bits per heavy atom. The first-order valence-corrected chi connectivity index (χ1v) is 8.48. The minimum atomic E-state index is -4.18. The van der Waals surface area contributed by atoms with Crippen molar-refractivity contribution in [3.05, 3.63) is 44.8 Å². The predicted octanol–water partition coefficient (Wildman–Crippen LogP) is 3.20. The molecule has 0 aliphatic heterocycles. The quantitative estimate of drug-likeness (QED) is 0.588. The molecule has 21 heavy (non-hydrogen) atoms. The van der Waals surface area contributed by atoms with Crippen LogP contribution in [0.3, 0.4) is 0 Å². The highest BCUT2D eigenvalue weighted by Gasteiger charge is 2.25. The lowest BCUT2D eigenvalue weighted by molar-refractivity contribution is 0.0604. The minimum Gasteiger partial charge on any atom is -0.465 e. The van der Waals surface area contributed by atoms with Gasteiger partial charge in [-0.15, -0.1) is 11.3 Å². The monoisotopic (exact) mass is 394 g/mol. The van der Waals surface area contributed by atoms with Gasteiger partial charge in [-0.2, -0.15) is 8.42 Å². The van der Waals surface area contributed by atoms with Gasteiger partial charge in [0, 0.05) is 5.38 Å². The predicted molar refractivity (Wildman–Crippen MR) is 77.6 cm³/mol. The third kappa shape index (κ3) is 3.42. The van der Waals surface area contributed by atoms with Crippen LogP contribution in [0.2, 0.25) is 0 Å². The number of methoxy groups -OCH3 is 1. The van der Waals surface area contributed by atoms with E-state index in [9.17, 15) is 17.6 Å². The van der Waals surface area contributed by atoms with Gasteiger partial charge in [-0.1, -0.05) is 0 Å².